The Labute approximate surface area is 122 Å². The number of hydrogen-bond donors (Lipinski definition) is 0. The summed E-state index contributed by atoms with van der Waals surface area (Å²) in [5, 5.41) is 0. The lowest BCUT2D eigenvalue weighted by atomic mass is 10.2. The predicted molar refractivity (Wildman–Crippen MR) is 74.9 cm³/mol. The number of rotatable bonds is 5. The SMILES string of the molecule is CCOC(=O)[C@H]1N=C(c2ccccc2)O[C@H]1C(=O)OCC. The zero-order valence-electron chi connectivity index (χ0n) is 11.9. The summed E-state index contributed by atoms with van der Waals surface area (Å²) < 4.78 is 15.4. The van der Waals surface area contributed by atoms with E-state index < -0.39 is 24.1 Å². The van der Waals surface area contributed by atoms with Gasteiger partial charge in [0.25, 0.3) is 0 Å². The van der Waals surface area contributed by atoms with E-state index in [4.69, 9.17) is 14.2 Å². The molecule has 6 heteroatoms. The number of carbonyl (C=O) groups excluding carboxylic acids is 2. The van der Waals surface area contributed by atoms with Gasteiger partial charge in [0.05, 0.1) is 13.2 Å². The molecule has 0 fully saturated rings. The van der Waals surface area contributed by atoms with Crippen LogP contribution in [0.4, 0.5) is 0 Å². The molecular formula is C15H17NO5. The second kappa shape index (κ2) is 6.88. The molecule has 0 spiro atoms. The molecule has 1 heterocycles. The smallest absolute Gasteiger partial charge is 0.350 e. The third kappa shape index (κ3) is 3.39. The van der Waals surface area contributed by atoms with Crippen molar-refractivity contribution in [2.24, 2.45) is 4.99 Å². The molecule has 21 heavy (non-hydrogen) atoms. The van der Waals surface area contributed by atoms with E-state index in [1.54, 1.807) is 26.0 Å². The second-order valence-corrected chi connectivity index (χ2v) is 4.29. The average molecular weight is 291 g/mol. The fourth-order valence-corrected chi connectivity index (χ4v) is 1.94. The molecule has 0 aromatic heterocycles. The Hall–Kier alpha value is -2.37. The fourth-order valence-electron chi connectivity index (χ4n) is 1.94. The Morgan fingerprint density at radius 2 is 1.71 bits per heavy atom. The van der Waals surface area contributed by atoms with Crippen molar-refractivity contribution in [3.63, 3.8) is 0 Å². The van der Waals surface area contributed by atoms with E-state index >= 15 is 0 Å². The van der Waals surface area contributed by atoms with Gasteiger partial charge >= 0.3 is 11.9 Å². The van der Waals surface area contributed by atoms with Crippen LogP contribution in [0, 0.1) is 0 Å². The van der Waals surface area contributed by atoms with Gasteiger partial charge in [0.2, 0.25) is 12.0 Å². The summed E-state index contributed by atoms with van der Waals surface area (Å²) >= 11 is 0. The maximum atomic E-state index is 11.9. The second-order valence-electron chi connectivity index (χ2n) is 4.29. The van der Waals surface area contributed by atoms with Crippen LogP contribution in [0.5, 0.6) is 0 Å². The highest BCUT2D eigenvalue weighted by Crippen LogP contribution is 2.20. The first-order chi connectivity index (χ1) is 10.2. The number of ether oxygens (including phenoxy) is 3. The third-order valence-corrected chi connectivity index (χ3v) is 2.85. The number of hydrogen-bond acceptors (Lipinski definition) is 6. The molecule has 0 amide bonds. The van der Waals surface area contributed by atoms with Gasteiger partial charge in [-0.15, -0.1) is 0 Å². The van der Waals surface area contributed by atoms with Crippen LogP contribution in [0.2, 0.25) is 0 Å². The van der Waals surface area contributed by atoms with E-state index in [0.717, 1.165) is 0 Å². The molecule has 6 nitrogen and oxygen atoms in total. The van der Waals surface area contributed by atoms with E-state index in [-0.39, 0.29) is 19.1 Å². The molecule has 1 aliphatic rings. The molecule has 2 rings (SSSR count). The lowest BCUT2D eigenvalue weighted by molar-refractivity contribution is -0.158. The van der Waals surface area contributed by atoms with Crippen molar-refractivity contribution in [2.75, 3.05) is 13.2 Å². The Bertz CT molecular complexity index is 540. The average Bonchev–Trinajstić information content (AvgIpc) is 2.94. The normalized spacial score (nSPS) is 20.4. The van der Waals surface area contributed by atoms with Gasteiger partial charge in [0.1, 0.15) is 0 Å². The molecule has 0 unspecified atom stereocenters. The minimum absolute atomic E-state index is 0.203. The molecule has 1 aromatic carbocycles. The van der Waals surface area contributed by atoms with Crippen molar-refractivity contribution in [2.45, 2.75) is 26.0 Å². The van der Waals surface area contributed by atoms with Crippen molar-refractivity contribution in [1.29, 1.82) is 0 Å². The first kappa shape index (κ1) is 15.0. The Morgan fingerprint density at radius 1 is 1.10 bits per heavy atom. The Balaban J connectivity index is 2.24. The third-order valence-electron chi connectivity index (χ3n) is 2.85. The molecule has 0 bridgehead atoms. The monoisotopic (exact) mass is 291 g/mol. The number of carbonyl (C=O) groups is 2. The quantitative estimate of drug-likeness (QED) is 0.765. The van der Waals surface area contributed by atoms with Gasteiger partial charge in [-0.05, 0) is 26.0 Å². The minimum Gasteiger partial charge on any atom is -0.464 e. The molecule has 2 atom stereocenters. The van der Waals surface area contributed by atoms with Crippen molar-refractivity contribution >= 4 is 17.8 Å². The lowest BCUT2D eigenvalue weighted by Gasteiger charge is -2.14. The zero-order chi connectivity index (χ0) is 15.2. The molecular weight excluding hydrogens is 274 g/mol. The highest BCUT2D eigenvalue weighted by atomic mass is 16.6. The van der Waals surface area contributed by atoms with Crippen LogP contribution in [0.25, 0.3) is 0 Å². The highest BCUT2D eigenvalue weighted by Gasteiger charge is 2.43. The number of aliphatic imine (C=N–C) groups is 1. The molecule has 0 N–H and O–H groups in total. The largest absolute Gasteiger partial charge is 0.464 e. The van der Waals surface area contributed by atoms with Gasteiger partial charge in [0.15, 0.2) is 6.04 Å². The van der Waals surface area contributed by atoms with Gasteiger partial charge in [-0.1, -0.05) is 18.2 Å². The molecule has 0 saturated carbocycles. The summed E-state index contributed by atoms with van der Waals surface area (Å²) in [6.07, 6.45) is -1.10. The van der Waals surface area contributed by atoms with Crippen molar-refractivity contribution in [3.8, 4) is 0 Å². The first-order valence-electron chi connectivity index (χ1n) is 6.80. The summed E-state index contributed by atoms with van der Waals surface area (Å²) in [5.41, 5.74) is 0.693. The first-order valence-corrected chi connectivity index (χ1v) is 6.80. The van der Waals surface area contributed by atoms with Crippen LogP contribution in [0.15, 0.2) is 35.3 Å². The number of esters is 2. The Kier molecular flexibility index (Phi) is 4.92. The van der Waals surface area contributed by atoms with Crippen molar-refractivity contribution < 1.29 is 23.8 Å². The maximum Gasteiger partial charge on any atom is 0.350 e. The molecule has 0 saturated heterocycles. The molecule has 0 aliphatic carbocycles. The van der Waals surface area contributed by atoms with E-state index in [1.807, 2.05) is 18.2 Å². The molecule has 0 radical (unpaired) electrons. The van der Waals surface area contributed by atoms with E-state index in [2.05, 4.69) is 4.99 Å². The van der Waals surface area contributed by atoms with Crippen molar-refractivity contribution in [3.05, 3.63) is 35.9 Å². The zero-order valence-corrected chi connectivity index (χ0v) is 11.9. The van der Waals surface area contributed by atoms with E-state index in [0.29, 0.717) is 5.56 Å². The van der Waals surface area contributed by atoms with Gasteiger partial charge < -0.3 is 14.2 Å². The van der Waals surface area contributed by atoms with Gasteiger partial charge in [-0.2, -0.15) is 0 Å². The summed E-state index contributed by atoms with van der Waals surface area (Å²) in [6, 6.07) is 8.03. The summed E-state index contributed by atoms with van der Waals surface area (Å²) in [4.78, 5) is 28.0. The predicted octanol–water partition coefficient (Wildman–Crippen LogP) is 1.33. The van der Waals surface area contributed by atoms with E-state index in [9.17, 15) is 9.59 Å². The fraction of sp³-hybridized carbons (Fsp3) is 0.400. The summed E-state index contributed by atoms with van der Waals surface area (Å²) in [7, 11) is 0. The van der Waals surface area contributed by atoms with Crippen LogP contribution in [-0.2, 0) is 23.8 Å². The van der Waals surface area contributed by atoms with Crippen LogP contribution < -0.4 is 0 Å². The topological polar surface area (TPSA) is 74.2 Å². The van der Waals surface area contributed by atoms with E-state index in [1.165, 1.54) is 0 Å². The van der Waals surface area contributed by atoms with Crippen LogP contribution in [-0.4, -0.2) is 43.2 Å². The minimum atomic E-state index is -1.10. The van der Waals surface area contributed by atoms with Gasteiger partial charge in [0, 0.05) is 5.56 Å². The standard InChI is InChI=1S/C15H17NO5/c1-3-19-14(17)11-12(15(18)20-4-2)21-13(16-11)10-8-6-5-7-9-10/h5-9,11-12H,3-4H2,1-2H3/t11-,12+/m0/s1. The molecule has 1 aromatic rings. The molecule has 112 valence electrons. The molecule has 1 aliphatic heterocycles. The Morgan fingerprint density at radius 3 is 2.33 bits per heavy atom. The van der Waals surface area contributed by atoms with Gasteiger partial charge in [-0.25, -0.2) is 14.6 Å². The van der Waals surface area contributed by atoms with Crippen LogP contribution in [0.3, 0.4) is 0 Å². The summed E-state index contributed by atoms with van der Waals surface area (Å²) in [5.74, 6) is -0.974. The summed E-state index contributed by atoms with van der Waals surface area (Å²) in [6.45, 7) is 3.79. The number of nitrogens with zero attached hydrogens (tertiary/aromatic N) is 1. The van der Waals surface area contributed by atoms with Crippen LogP contribution in [0.1, 0.15) is 19.4 Å². The highest BCUT2D eigenvalue weighted by molar-refractivity contribution is 6.01. The maximum absolute atomic E-state index is 11.9. The number of benzene rings is 1. The van der Waals surface area contributed by atoms with Gasteiger partial charge in [-0.3, -0.25) is 0 Å². The lowest BCUT2D eigenvalue weighted by Crippen LogP contribution is -2.39. The van der Waals surface area contributed by atoms with Crippen LogP contribution >= 0.6 is 0 Å². The van der Waals surface area contributed by atoms with Crippen molar-refractivity contribution in [1.82, 2.24) is 0 Å².